The third kappa shape index (κ3) is 3.60. The number of amides is 1. The van der Waals surface area contributed by atoms with E-state index in [0.29, 0.717) is 11.8 Å². The lowest BCUT2D eigenvalue weighted by Crippen LogP contribution is -2.42. The largest absolute Gasteiger partial charge is 0.325 e. The monoisotopic (exact) mass is 335 g/mol. The molecule has 4 heteroatoms. The average molecular weight is 335 g/mol. The van der Waals surface area contributed by atoms with Gasteiger partial charge in [-0.05, 0) is 36.1 Å². The fourth-order valence-corrected chi connectivity index (χ4v) is 4.21. The van der Waals surface area contributed by atoms with Crippen LogP contribution >= 0.6 is 0 Å². The van der Waals surface area contributed by atoms with Crippen LogP contribution in [0.15, 0.2) is 54.6 Å². The maximum atomic E-state index is 12.7. The van der Waals surface area contributed by atoms with Gasteiger partial charge in [0, 0.05) is 37.8 Å². The first-order valence-electron chi connectivity index (χ1n) is 9.06. The van der Waals surface area contributed by atoms with E-state index in [-0.39, 0.29) is 11.9 Å². The third-order valence-electron chi connectivity index (χ3n) is 5.41. The van der Waals surface area contributed by atoms with E-state index in [4.69, 9.17) is 0 Å². The quantitative estimate of drug-likeness (QED) is 0.903. The van der Waals surface area contributed by atoms with Crippen molar-refractivity contribution in [1.82, 2.24) is 10.2 Å². The van der Waals surface area contributed by atoms with Crippen molar-refractivity contribution < 1.29 is 4.79 Å². The molecule has 0 aliphatic carbocycles. The zero-order valence-electron chi connectivity index (χ0n) is 14.6. The van der Waals surface area contributed by atoms with Gasteiger partial charge in [0.25, 0.3) is 0 Å². The molecule has 1 amide bonds. The summed E-state index contributed by atoms with van der Waals surface area (Å²) in [7, 11) is 0. The van der Waals surface area contributed by atoms with Crippen LogP contribution in [-0.2, 0) is 11.3 Å². The normalized spacial score (nSPS) is 25.7. The van der Waals surface area contributed by atoms with Gasteiger partial charge >= 0.3 is 0 Å². The molecule has 0 spiro atoms. The standard InChI is InChI=1S/C21H25N3O/c1-15-6-5-9-18(10-15)23-21(25)20-19-14-24(13-17(19)11-22-20)12-16-7-3-2-4-8-16/h2-10,17,19-20,22H,11-14H2,1H3,(H,23,25)/t17-,19+,20?/m1/s1. The van der Waals surface area contributed by atoms with Crippen LogP contribution < -0.4 is 10.6 Å². The highest BCUT2D eigenvalue weighted by molar-refractivity contribution is 5.95. The Morgan fingerprint density at radius 2 is 2.00 bits per heavy atom. The SMILES string of the molecule is Cc1cccc(NC(=O)C2NC[C@@H]3CN(Cc4ccccc4)C[C@H]23)c1. The van der Waals surface area contributed by atoms with Crippen molar-refractivity contribution in [3.63, 3.8) is 0 Å². The molecule has 0 radical (unpaired) electrons. The van der Waals surface area contributed by atoms with E-state index >= 15 is 0 Å². The fraction of sp³-hybridized carbons (Fsp3) is 0.381. The molecular formula is C21H25N3O. The highest BCUT2D eigenvalue weighted by atomic mass is 16.2. The summed E-state index contributed by atoms with van der Waals surface area (Å²) in [5.41, 5.74) is 3.38. The Balaban J connectivity index is 1.39. The van der Waals surface area contributed by atoms with Crippen molar-refractivity contribution >= 4 is 11.6 Å². The lowest BCUT2D eigenvalue weighted by molar-refractivity contribution is -0.118. The van der Waals surface area contributed by atoms with Gasteiger partial charge in [-0.2, -0.15) is 0 Å². The number of hydrogen-bond acceptors (Lipinski definition) is 3. The minimum absolute atomic E-state index is 0.0914. The van der Waals surface area contributed by atoms with Crippen molar-refractivity contribution in [3.05, 3.63) is 65.7 Å². The fourth-order valence-electron chi connectivity index (χ4n) is 4.21. The minimum atomic E-state index is -0.0914. The summed E-state index contributed by atoms with van der Waals surface area (Å²) in [5.74, 6) is 1.06. The second kappa shape index (κ2) is 6.98. The van der Waals surface area contributed by atoms with Gasteiger partial charge in [-0.1, -0.05) is 42.5 Å². The number of aryl methyl sites for hydroxylation is 1. The Labute approximate surface area is 149 Å². The number of carbonyl (C=O) groups is 1. The van der Waals surface area contributed by atoms with Crippen LogP contribution in [0, 0.1) is 18.8 Å². The molecule has 2 N–H and O–H groups in total. The van der Waals surface area contributed by atoms with E-state index in [9.17, 15) is 4.79 Å². The molecule has 2 aromatic carbocycles. The van der Waals surface area contributed by atoms with E-state index in [0.717, 1.165) is 37.4 Å². The number of anilines is 1. The zero-order chi connectivity index (χ0) is 17.2. The van der Waals surface area contributed by atoms with Gasteiger partial charge in [-0.25, -0.2) is 0 Å². The third-order valence-corrected chi connectivity index (χ3v) is 5.41. The number of nitrogens with one attached hydrogen (secondary N) is 2. The molecular weight excluding hydrogens is 310 g/mol. The average Bonchev–Trinajstić information content (AvgIpc) is 3.15. The van der Waals surface area contributed by atoms with Crippen LogP contribution in [-0.4, -0.2) is 36.5 Å². The molecule has 0 bridgehead atoms. The summed E-state index contributed by atoms with van der Waals surface area (Å²) in [5, 5.41) is 6.52. The zero-order valence-corrected chi connectivity index (χ0v) is 14.6. The van der Waals surface area contributed by atoms with Gasteiger partial charge in [-0.3, -0.25) is 9.69 Å². The predicted molar refractivity (Wildman–Crippen MR) is 100 cm³/mol. The summed E-state index contributed by atoms with van der Waals surface area (Å²) in [4.78, 5) is 15.2. The second-order valence-corrected chi connectivity index (χ2v) is 7.35. The van der Waals surface area contributed by atoms with Crippen LogP contribution in [0.1, 0.15) is 11.1 Å². The van der Waals surface area contributed by atoms with E-state index in [2.05, 4.69) is 45.9 Å². The van der Waals surface area contributed by atoms with Gasteiger partial charge in [0.05, 0.1) is 6.04 Å². The van der Waals surface area contributed by atoms with Gasteiger partial charge < -0.3 is 10.6 Å². The number of hydrogen-bond donors (Lipinski definition) is 2. The second-order valence-electron chi connectivity index (χ2n) is 7.35. The molecule has 25 heavy (non-hydrogen) atoms. The Hall–Kier alpha value is -2.17. The Bertz CT molecular complexity index is 746. The number of benzene rings is 2. The summed E-state index contributed by atoms with van der Waals surface area (Å²) < 4.78 is 0. The minimum Gasteiger partial charge on any atom is -0.325 e. The summed E-state index contributed by atoms with van der Waals surface area (Å²) >= 11 is 0. The maximum absolute atomic E-state index is 12.7. The van der Waals surface area contributed by atoms with Crippen LogP contribution in [0.4, 0.5) is 5.69 Å². The van der Waals surface area contributed by atoms with Crippen LogP contribution in [0.2, 0.25) is 0 Å². The molecule has 130 valence electrons. The van der Waals surface area contributed by atoms with E-state index in [1.165, 1.54) is 5.56 Å². The predicted octanol–water partition coefficient (Wildman–Crippen LogP) is 2.65. The van der Waals surface area contributed by atoms with Crippen LogP contribution in [0.3, 0.4) is 0 Å². The first-order valence-corrected chi connectivity index (χ1v) is 9.06. The summed E-state index contributed by atoms with van der Waals surface area (Å²) in [6, 6.07) is 18.5. The first kappa shape index (κ1) is 16.3. The molecule has 2 aliphatic heterocycles. The van der Waals surface area contributed by atoms with E-state index in [1.54, 1.807) is 0 Å². The Morgan fingerprint density at radius 1 is 1.16 bits per heavy atom. The van der Waals surface area contributed by atoms with Crippen molar-refractivity contribution in [3.8, 4) is 0 Å². The Kier molecular flexibility index (Phi) is 4.55. The number of carbonyl (C=O) groups excluding carboxylic acids is 1. The van der Waals surface area contributed by atoms with Crippen LogP contribution in [0.5, 0.6) is 0 Å². The van der Waals surface area contributed by atoms with Crippen molar-refractivity contribution in [2.75, 3.05) is 25.0 Å². The van der Waals surface area contributed by atoms with Gasteiger partial charge in [0.15, 0.2) is 0 Å². The molecule has 4 nitrogen and oxygen atoms in total. The number of fused-ring (bicyclic) bond motifs is 1. The highest BCUT2D eigenvalue weighted by Gasteiger charge is 2.45. The molecule has 4 rings (SSSR count). The molecule has 2 heterocycles. The smallest absolute Gasteiger partial charge is 0.241 e. The number of rotatable bonds is 4. The maximum Gasteiger partial charge on any atom is 0.241 e. The molecule has 0 aromatic heterocycles. The van der Waals surface area contributed by atoms with Gasteiger partial charge in [-0.15, -0.1) is 0 Å². The molecule has 2 saturated heterocycles. The van der Waals surface area contributed by atoms with Gasteiger partial charge in [0.1, 0.15) is 0 Å². The Morgan fingerprint density at radius 3 is 2.80 bits per heavy atom. The number of nitrogens with zero attached hydrogens (tertiary/aromatic N) is 1. The van der Waals surface area contributed by atoms with E-state index < -0.39 is 0 Å². The van der Waals surface area contributed by atoms with Gasteiger partial charge in [0.2, 0.25) is 5.91 Å². The van der Waals surface area contributed by atoms with Crippen molar-refractivity contribution in [2.45, 2.75) is 19.5 Å². The molecule has 2 aliphatic rings. The molecule has 0 saturated carbocycles. The highest BCUT2D eigenvalue weighted by Crippen LogP contribution is 2.32. The molecule has 2 aromatic rings. The van der Waals surface area contributed by atoms with E-state index in [1.807, 2.05) is 31.2 Å². The van der Waals surface area contributed by atoms with Crippen molar-refractivity contribution in [2.24, 2.45) is 11.8 Å². The summed E-state index contributed by atoms with van der Waals surface area (Å²) in [6.07, 6.45) is 0. The molecule has 1 unspecified atom stereocenters. The van der Waals surface area contributed by atoms with Crippen LogP contribution in [0.25, 0.3) is 0 Å². The lowest BCUT2D eigenvalue weighted by atomic mass is 9.94. The topological polar surface area (TPSA) is 44.4 Å². The first-order chi connectivity index (χ1) is 12.2. The lowest BCUT2D eigenvalue weighted by Gasteiger charge is -2.21. The number of likely N-dealkylation sites (tertiary alicyclic amines) is 1. The molecule has 2 fully saturated rings. The molecule has 3 atom stereocenters. The van der Waals surface area contributed by atoms with Crippen molar-refractivity contribution in [1.29, 1.82) is 0 Å². The summed E-state index contributed by atoms with van der Waals surface area (Å²) in [6.45, 7) is 6.00.